The van der Waals surface area contributed by atoms with Crippen molar-refractivity contribution in [2.45, 2.75) is 40.9 Å². The second-order valence-corrected chi connectivity index (χ2v) is 10.8. The number of nitriles is 1. The summed E-state index contributed by atoms with van der Waals surface area (Å²) < 4.78 is 39.3. The molecule has 0 spiro atoms. The number of esters is 1. The second kappa shape index (κ2) is 8.94. The number of ether oxygens (including phenoxy) is 1. The van der Waals surface area contributed by atoms with Crippen LogP contribution in [0.2, 0.25) is 0 Å². The van der Waals surface area contributed by atoms with Crippen molar-refractivity contribution in [1.29, 1.82) is 5.26 Å². The smallest absolute Gasteiger partial charge is 0.357 e. The Labute approximate surface area is 196 Å². The molecular weight excluding hydrogens is 462 g/mol. The fourth-order valence-corrected chi connectivity index (χ4v) is 4.75. The van der Waals surface area contributed by atoms with Crippen molar-refractivity contribution in [3.05, 3.63) is 65.5 Å². The summed E-state index contributed by atoms with van der Waals surface area (Å²) in [4.78, 5) is 13.3. The van der Waals surface area contributed by atoms with Gasteiger partial charge in [-0.3, -0.25) is 4.55 Å². The Morgan fingerprint density at radius 1 is 1.18 bits per heavy atom. The topological polar surface area (TPSA) is 135 Å². The third kappa shape index (κ3) is 5.06. The average Bonchev–Trinajstić information content (AvgIpc) is 3.08. The molecule has 8 nitrogen and oxygen atoms in total. The van der Waals surface area contributed by atoms with Gasteiger partial charge in [0.1, 0.15) is 6.07 Å². The molecule has 0 saturated heterocycles. The maximum absolute atomic E-state index is 12.4. The second-order valence-electron chi connectivity index (χ2n) is 8.26. The van der Waals surface area contributed by atoms with Crippen molar-refractivity contribution in [2.24, 2.45) is 0 Å². The minimum atomic E-state index is -4.47. The molecule has 0 amide bonds. The first-order valence-electron chi connectivity index (χ1n) is 9.76. The molecule has 1 heterocycles. The van der Waals surface area contributed by atoms with E-state index in [1.54, 1.807) is 0 Å². The molecule has 0 radical (unpaired) electrons. The number of carbonyl (C=O) groups excluding carboxylic acids is 1. The van der Waals surface area contributed by atoms with Gasteiger partial charge in [-0.2, -0.15) is 13.7 Å². The highest BCUT2D eigenvalue weighted by molar-refractivity contribution is 7.99. The molecule has 2 aromatic carbocycles. The fraction of sp³-hybridized carbons (Fsp3) is 0.217. The van der Waals surface area contributed by atoms with Crippen LogP contribution >= 0.6 is 11.8 Å². The van der Waals surface area contributed by atoms with E-state index in [0.717, 1.165) is 10.5 Å². The molecule has 0 unspecified atom stereocenters. The van der Waals surface area contributed by atoms with Gasteiger partial charge in [-0.15, -0.1) is 0 Å². The Bertz CT molecular complexity index is 1360. The van der Waals surface area contributed by atoms with Crippen molar-refractivity contribution in [2.75, 3.05) is 12.8 Å². The van der Waals surface area contributed by atoms with Gasteiger partial charge in [0.2, 0.25) is 0 Å². The predicted molar refractivity (Wildman–Crippen MR) is 125 cm³/mol. The van der Waals surface area contributed by atoms with Crippen LogP contribution in [0.15, 0.2) is 63.3 Å². The number of anilines is 1. The number of nitrogen functional groups attached to an aromatic ring is 1. The van der Waals surface area contributed by atoms with Crippen LogP contribution in [-0.4, -0.2) is 30.6 Å². The van der Waals surface area contributed by atoms with Gasteiger partial charge >= 0.3 is 5.97 Å². The molecule has 3 rings (SSSR count). The first kappa shape index (κ1) is 24.4. The zero-order valence-electron chi connectivity index (χ0n) is 18.5. The Morgan fingerprint density at radius 3 is 2.33 bits per heavy atom. The Kier molecular flexibility index (Phi) is 6.61. The molecule has 0 bridgehead atoms. The van der Waals surface area contributed by atoms with Crippen molar-refractivity contribution in [3.8, 4) is 11.8 Å². The maximum atomic E-state index is 12.4. The molecule has 0 aliphatic rings. The summed E-state index contributed by atoms with van der Waals surface area (Å²) in [6, 6.07) is 13.6. The molecule has 172 valence electrons. The molecule has 10 heteroatoms. The van der Waals surface area contributed by atoms with Gasteiger partial charge in [0.15, 0.2) is 5.69 Å². The number of rotatable bonds is 5. The number of nitrogens with two attached hydrogens (primary N) is 1. The van der Waals surface area contributed by atoms with E-state index in [1.165, 1.54) is 47.8 Å². The fourth-order valence-electron chi connectivity index (χ4n) is 3.19. The van der Waals surface area contributed by atoms with E-state index < -0.39 is 16.1 Å². The summed E-state index contributed by atoms with van der Waals surface area (Å²) in [6.45, 7) is 6.29. The summed E-state index contributed by atoms with van der Waals surface area (Å²) in [5.41, 5.74) is 7.45. The first-order chi connectivity index (χ1) is 15.4. The first-order valence-corrected chi connectivity index (χ1v) is 12.0. The SMILES string of the molecule is COC(=O)c1c(N)c(C#N)cn1-c1ccc(S(=O)(=O)O)cc1Sc1ccc(C(C)(C)C)cc1. The highest BCUT2D eigenvalue weighted by Crippen LogP contribution is 2.37. The van der Waals surface area contributed by atoms with Crippen molar-refractivity contribution in [3.63, 3.8) is 0 Å². The van der Waals surface area contributed by atoms with Crippen LogP contribution in [0.3, 0.4) is 0 Å². The minimum absolute atomic E-state index is 0.0367. The maximum Gasteiger partial charge on any atom is 0.357 e. The Morgan fingerprint density at radius 2 is 1.82 bits per heavy atom. The lowest BCUT2D eigenvalue weighted by Crippen LogP contribution is -2.12. The molecule has 0 atom stereocenters. The third-order valence-corrected chi connectivity index (χ3v) is 6.88. The van der Waals surface area contributed by atoms with Crippen LogP contribution < -0.4 is 5.73 Å². The van der Waals surface area contributed by atoms with Gasteiger partial charge in [0, 0.05) is 16.0 Å². The summed E-state index contributed by atoms with van der Waals surface area (Å²) in [7, 11) is -3.28. The van der Waals surface area contributed by atoms with E-state index in [0.29, 0.717) is 10.6 Å². The minimum Gasteiger partial charge on any atom is -0.464 e. The van der Waals surface area contributed by atoms with Crippen LogP contribution in [0.1, 0.15) is 42.4 Å². The zero-order valence-corrected chi connectivity index (χ0v) is 20.1. The molecule has 33 heavy (non-hydrogen) atoms. The quantitative estimate of drug-likeness (QED) is 0.401. The molecule has 0 aliphatic heterocycles. The summed E-state index contributed by atoms with van der Waals surface area (Å²) in [5, 5.41) is 9.39. The third-order valence-electron chi connectivity index (χ3n) is 4.98. The lowest BCUT2D eigenvalue weighted by Gasteiger charge is -2.19. The van der Waals surface area contributed by atoms with Gasteiger partial charge in [-0.1, -0.05) is 44.7 Å². The standard InChI is InChI=1S/C23H23N3O5S2/c1-23(2,3)15-5-7-16(8-6-15)32-19-11-17(33(28,29)30)9-10-18(19)26-13-14(12-24)20(25)21(26)22(27)31-4/h5-11,13H,25H2,1-4H3,(H,28,29,30). The normalized spacial score (nSPS) is 11.8. The molecule has 0 fully saturated rings. The van der Waals surface area contributed by atoms with E-state index in [9.17, 15) is 23.0 Å². The highest BCUT2D eigenvalue weighted by atomic mass is 32.2. The number of hydrogen-bond donors (Lipinski definition) is 2. The summed E-state index contributed by atoms with van der Waals surface area (Å²) >= 11 is 1.24. The molecule has 0 aliphatic carbocycles. The van der Waals surface area contributed by atoms with Crippen LogP contribution in [0.25, 0.3) is 5.69 Å². The number of aromatic nitrogens is 1. The van der Waals surface area contributed by atoms with Gasteiger partial charge in [0.05, 0.1) is 28.9 Å². The van der Waals surface area contributed by atoms with Crippen LogP contribution in [-0.2, 0) is 20.3 Å². The summed E-state index contributed by atoms with van der Waals surface area (Å²) in [6.07, 6.45) is 1.39. The summed E-state index contributed by atoms with van der Waals surface area (Å²) in [5.74, 6) is -0.752. The zero-order chi connectivity index (χ0) is 24.6. The predicted octanol–water partition coefficient (Wildman–Crippen LogP) is 4.41. The van der Waals surface area contributed by atoms with Crippen molar-refractivity contribution in [1.82, 2.24) is 4.57 Å². The Hall–Kier alpha value is -3.26. The van der Waals surface area contributed by atoms with Crippen molar-refractivity contribution >= 4 is 33.5 Å². The van der Waals surface area contributed by atoms with Crippen molar-refractivity contribution < 1.29 is 22.5 Å². The number of nitrogens with zero attached hydrogens (tertiary/aromatic N) is 2. The largest absolute Gasteiger partial charge is 0.464 e. The number of benzene rings is 2. The number of methoxy groups -OCH3 is 1. The van der Waals surface area contributed by atoms with E-state index in [1.807, 2.05) is 30.3 Å². The van der Waals surface area contributed by atoms with E-state index >= 15 is 0 Å². The Balaban J connectivity index is 2.20. The highest BCUT2D eigenvalue weighted by Gasteiger charge is 2.24. The molecule has 3 aromatic rings. The van der Waals surface area contributed by atoms with Crippen LogP contribution in [0.4, 0.5) is 5.69 Å². The van der Waals surface area contributed by atoms with Crippen LogP contribution in [0, 0.1) is 11.3 Å². The molecule has 3 N–H and O–H groups in total. The van der Waals surface area contributed by atoms with E-state index in [-0.39, 0.29) is 27.3 Å². The molecular formula is C23H23N3O5S2. The van der Waals surface area contributed by atoms with Gasteiger partial charge < -0.3 is 15.0 Å². The van der Waals surface area contributed by atoms with Gasteiger partial charge in [-0.25, -0.2) is 4.79 Å². The van der Waals surface area contributed by atoms with E-state index in [2.05, 4.69) is 20.8 Å². The molecule has 0 saturated carbocycles. The van der Waals surface area contributed by atoms with Gasteiger partial charge in [-0.05, 0) is 41.3 Å². The molecule has 1 aromatic heterocycles. The average molecular weight is 486 g/mol. The lowest BCUT2D eigenvalue weighted by atomic mass is 9.87. The van der Waals surface area contributed by atoms with Gasteiger partial charge in [0.25, 0.3) is 10.1 Å². The number of carbonyl (C=O) groups is 1. The monoisotopic (exact) mass is 485 g/mol. The number of hydrogen-bond acceptors (Lipinski definition) is 7. The lowest BCUT2D eigenvalue weighted by molar-refractivity contribution is 0.0593. The van der Waals surface area contributed by atoms with E-state index in [4.69, 9.17) is 10.5 Å². The van der Waals surface area contributed by atoms with Crippen LogP contribution in [0.5, 0.6) is 0 Å².